The highest BCUT2D eigenvalue weighted by Gasteiger charge is 2.32. The quantitative estimate of drug-likeness (QED) is 0.260. The van der Waals surface area contributed by atoms with Crippen LogP contribution in [0.2, 0.25) is 0 Å². The van der Waals surface area contributed by atoms with Gasteiger partial charge < -0.3 is 4.74 Å². The van der Waals surface area contributed by atoms with Crippen molar-refractivity contribution in [3.05, 3.63) is 100 Å². The zero-order valence-electron chi connectivity index (χ0n) is 21.2. The van der Waals surface area contributed by atoms with Crippen LogP contribution in [0.5, 0.6) is 5.75 Å². The van der Waals surface area contributed by atoms with Crippen LogP contribution in [0.15, 0.2) is 77.4 Å². The summed E-state index contributed by atoms with van der Waals surface area (Å²) in [5.41, 5.74) is 5.94. The summed E-state index contributed by atoms with van der Waals surface area (Å²) in [5.74, 6) is 1.46. The van der Waals surface area contributed by atoms with E-state index in [-0.39, 0.29) is 11.7 Å². The van der Waals surface area contributed by atoms with E-state index in [1.54, 1.807) is 31.1 Å². The van der Waals surface area contributed by atoms with Crippen LogP contribution in [0.25, 0.3) is 6.08 Å². The summed E-state index contributed by atoms with van der Waals surface area (Å²) < 4.78 is 5.51. The SMILES string of the molecule is COc1ccc(C(C)=O)cc1CSC1=NC(=Cc2ccc(C(C)C)cc2)C(=O)N1c1ccc(C)cc1. The number of carbonyl (C=O) groups is 2. The maximum atomic E-state index is 13.5. The van der Waals surface area contributed by atoms with Gasteiger partial charge in [-0.25, -0.2) is 4.99 Å². The lowest BCUT2D eigenvalue weighted by Crippen LogP contribution is -2.30. The Bertz CT molecular complexity index is 1340. The molecule has 0 aliphatic carbocycles. The average molecular weight is 499 g/mol. The van der Waals surface area contributed by atoms with E-state index in [2.05, 4.69) is 26.0 Å². The summed E-state index contributed by atoms with van der Waals surface area (Å²) in [7, 11) is 1.61. The van der Waals surface area contributed by atoms with E-state index in [9.17, 15) is 9.59 Å². The molecule has 36 heavy (non-hydrogen) atoms. The first-order chi connectivity index (χ1) is 17.3. The van der Waals surface area contributed by atoms with Gasteiger partial charge >= 0.3 is 0 Å². The Hall–Kier alpha value is -3.64. The largest absolute Gasteiger partial charge is 0.496 e. The van der Waals surface area contributed by atoms with Crippen LogP contribution in [0, 0.1) is 6.92 Å². The first-order valence-corrected chi connectivity index (χ1v) is 12.9. The van der Waals surface area contributed by atoms with Gasteiger partial charge in [0.2, 0.25) is 0 Å². The van der Waals surface area contributed by atoms with Crippen LogP contribution in [-0.4, -0.2) is 24.0 Å². The molecule has 3 aromatic rings. The number of carbonyl (C=O) groups excluding carboxylic acids is 2. The van der Waals surface area contributed by atoms with Gasteiger partial charge in [0.25, 0.3) is 5.91 Å². The number of Topliss-reactive ketones (excluding diaryl/α,β-unsaturated/α-hetero) is 1. The predicted octanol–water partition coefficient (Wildman–Crippen LogP) is 7.01. The summed E-state index contributed by atoms with van der Waals surface area (Å²) >= 11 is 1.44. The van der Waals surface area contributed by atoms with E-state index in [0.717, 1.165) is 22.4 Å². The number of aryl methyl sites for hydroxylation is 1. The molecule has 0 bridgehead atoms. The fraction of sp³-hybridized carbons (Fsp3) is 0.233. The molecule has 0 saturated carbocycles. The fourth-order valence-corrected chi connectivity index (χ4v) is 4.89. The first kappa shape index (κ1) is 25.5. The molecule has 0 atom stereocenters. The number of amides is 1. The average Bonchev–Trinajstić information content (AvgIpc) is 3.18. The molecule has 5 nitrogen and oxygen atoms in total. The van der Waals surface area contributed by atoms with Crippen molar-refractivity contribution in [2.45, 2.75) is 39.4 Å². The van der Waals surface area contributed by atoms with Crippen molar-refractivity contribution < 1.29 is 14.3 Å². The van der Waals surface area contributed by atoms with Crippen molar-refractivity contribution in [3.8, 4) is 5.75 Å². The second-order valence-electron chi connectivity index (χ2n) is 9.09. The molecular formula is C30H30N2O3S. The second kappa shape index (κ2) is 11.0. The van der Waals surface area contributed by atoms with Crippen LogP contribution >= 0.6 is 11.8 Å². The molecule has 0 fully saturated rings. The van der Waals surface area contributed by atoms with Crippen molar-refractivity contribution in [1.82, 2.24) is 0 Å². The van der Waals surface area contributed by atoms with Gasteiger partial charge in [-0.05, 0) is 67.3 Å². The summed E-state index contributed by atoms with van der Waals surface area (Å²) in [5, 5.41) is 0.587. The van der Waals surface area contributed by atoms with Crippen LogP contribution in [0.4, 0.5) is 5.69 Å². The molecule has 0 unspecified atom stereocenters. The summed E-state index contributed by atoms with van der Waals surface area (Å²) in [4.78, 5) is 31.8. The summed E-state index contributed by atoms with van der Waals surface area (Å²) in [6, 6.07) is 21.4. The van der Waals surface area contributed by atoms with Gasteiger partial charge in [0.05, 0.1) is 12.8 Å². The van der Waals surface area contributed by atoms with Crippen LogP contribution in [0.3, 0.4) is 0 Å². The van der Waals surface area contributed by atoms with Gasteiger partial charge in [-0.2, -0.15) is 0 Å². The van der Waals surface area contributed by atoms with Crippen molar-refractivity contribution in [2.75, 3.05) is 12.0 Å². The van der Waals surface area contributed by atoms with Gasteiger partial charge in [0.1, 0.15) is 11.4 Å². The lowest BCUT2D eigenvalue weighted by Gasteiger charge is -2.18. The topological polar surface area (TPSA) is 59.0 Å². The van der Waals surface area contributed by atoms with E-state index in [1.165, 1.54) is 17.3 Å². The van der Waals surface area contributed by atoms with Crippen molar-refractivity contribution in [2.24, 2.45) is 4.99 Å². The molecule has 6 heteroatoms. The Labute approximate surface area is 216 Å². The number of ether oxygens (including phenoxy) is 1. The predicted molar refractivity (Wildman–Crippen MR) is 149 cm³/mol. The molecule has 1 heterocycles. The zero-order chi connectivity index (χ0) is 25.8. The number of amidine groups is 1. The van der Waals surface area contributed by atoms with E-state index < -0.39 is 0 Å². The van der Waals surface area contributed by atoms with Crippen LogP contribution < -0.4 is 9.64 Å². The van der Waals surface area contributed by atoms with Crippen molar-refractivity contribution in [1.29, 1.82) is 0 Å². The molecule has 0 N–H and O–H groups in total. The van der Waals surface area contributed by atoms with E-state index in [4.69, 9.17) is 9.73 Å². The number of hydrogen-bond acceptors (Lipinski definition) is 5. The summed E-state index contributed by atoms with van der Waals surface area (Å²) in [6.07, 6.45) is 1.83. The van der Waals surface area contributed by atoms with Crippen molar-refractivity contribution in [3.63, 3.8) is 0 Å². The Morgan fingerprint density at radius 2 is 1.75 bits per heavy atom. The standard InChI is InChI=1S/C30H30N2O3S/c1-19(2)23-10-8-22(9-11-23)16-27-29(34)32(26-13-6-20(3)7-14-26)30(31-27)36-18-25-17-24(21(4)33)12-15-28(25)35-5/h6-17,19H,18H2,1-5H3. The number of hydrogen-bond donors (Lipinski definition) is 0. The molecule has 1 amide bonds. The Morgan fingerprint density at radius 1 is 1.06 bits per heavy atom. The number of thioether (sulfide) groups is 1. The highest BCUT2D eigenvalue weighted by Crippen LogP contribution is 2.33. The molecular weight excluding hydrogens is 468 g/mol. The monoisotopic (exact) mass is 498 g/mol. The molecule has 4 rings (SSSR count). The highest BCUT2D eigenvalue weighted by atomic mass is 32.2. The Balaban J connectivity index is 1.67. The Kier molecular flexibility index (Phi) is 7.75. The lowest BCUT2D eigenvalue weighted by atomic mass is 10.0. The minimum absolute atomic E-state index is 0.00715. The molecule has 1 aliphatic heterocycles. The highest BCUT2D eigenvalue weighted by molar-refractivity contribution is 8.13. The smallest absolute Gasteiger partial charge is 0.283 e. The lowest BCUT2D eigenvalue weighted by molar-refractivity contribution is -0.113. The molecule has 0 saturated heterocycles. The molecule has 3 aromatic carbocycles. The third-order valence-electron chi connectivity index (χ3n) is 6.07. The van der Waals surface area contributed by atoms with Gasteiger partial charge in [0.15, 0.2) is 11.0 Å². The van der Waals surface area contributed by atoms with Crippen molar-refractivity contribution >= 4 is 40.4 Å². The van der Waals surface area contributed by atoms with Gasteiger partial charge in [-0.3, -0.25) is 14.5 Å². The van der Waals surface area contributed by atoms with E-state index >= 15 is 0 Å². The third-order valence-corrected chi connectivity index (χ3v) is 7.06. The molecule has 1 aliphatic rings. The number of nitrogens with zero attached hydrogens (tertiary/aromatic N) is 2. The van der Waals surface area contributed by atoms with Crippen LogP contribution in [0.1, 0.15) is 59.3 Å². The molecule has 0 spiro atoms. The third kappa shape index (κ3) is 5.60. The number of anilines is 1. The number of methoxy groups -OCH3 is 1. The minimum Gasteiger partial charge on any atom is -0.496 e. The van der Waals surface area contributed by atoms with E-state index in [0.29, 0.717) is 33.8 Å². The zero-order valence-corrected chi connectivity index (χ0v) is 22.1. The maximum Gasteiger partial charge on any atom is 0.283 e. The van der Waals surface area contributed by atoms with Gasteiger partial charge in [-0.1, -0.05) is 67.6 Å². The number of ketones is 1. The van der Waals surface area contributed by atoms with Gasteiger partial charge in [-0.15, -0.1) is 0 Å². The first-order valence-electron chi connectivity index (χ1n) is 11.9. The minimum atomic E-state index is -0.168. The Morgan fingerprint density at radius 3 is 2.36 bits per heavy atom. The van der Waals surface area contributed by atoms with E-state index in [1.807, 2.05) is 55.5 Å². The molecule has 184 valence electrons. The second-order valence-corrected chi connectivity index (χ2v) is 10.0. The van der Waals surface area contributed by atoms with Gasteiger partial charge in [0, 0.05) is 16.9 Å². The molecule has 0 radical (unpaired) electrons. The maximum absolute atomic E-state index is 13.5. The summed E-state index contributed by atoms with van der Waals surface area (Å²) in [6.45, 7) is 7.87. The number of benzene rings is 3. The number of rotatable bonds is 7. The molecule has 0 aromatic heterocycles. The van der Waals surface area contributed by atoms with Crippen LogP contribution in [-0.2, 0) is 10.5 Å². The fourth-order valence-electron chi connectivity index (χ4n) is 3.90. The number of aliphatic imine (C=N–C) groups is 1. The normalized spacial score (nSPS) is 14.5.